The van der Waals surface area contributed by atoms with Gasteiger partial charge in [0.2, 0.25) is 5.91 Å². The molecule has 110 valence electrons. The monoisotopic (exact) mass is 319 g/mol. The fourth-order valence-electron chi connectivity index (χ4n) is 1.86. The van der Waals surface area contributed by atoms with Gasteiger partial charge in [-0.25, -0.2) is 0 Å². The number of carbonyl (C=O) groups excluding carboxylic acids is 1. The molecule has 0 saturated heterocycles. The summed E-state index contributed by atoms with van der Waals surface area (Å²) in [5.41, 5.74) is 3.46. The third kappa shape index (κ3) is 5.10. The summed E-state index contributed by atoms with van der Waals surface area (Å²) in [7, 11) is 0. The van der Waals surface area contributed by atoms with E-state index in [0.29, 0.717) is 17.3 Å². The van der Waals surface area contributed by atoms with E-state index in [1.54, 1.807) is 11.8 Å². The molecular weight excluding hydrogens is 302 g/mol. The van der Waals surface area contributed by atoms with E-state index in [4.69, 9.17) is 11.6 Å². The summed E-state index contributed by atoms with van der Waals surface area (Å²) in [6, 6.07) is 13.8. The van der Waals surface area contributed by atoms with Crippen LogP contribution in [0.15, 0.2) is 47.4 Å². The number of carbonyl (C=O) groups is 1. The van der Waals surface area contributed by atoms with Crippen LogP contribution in [-0.4, -0.2) is 11.7 Å². The molecule has 21 heavy (non-hydrogen) atoms. The van der Waals surface area contributed by atoms with Crippen molar-refractivity contribution in [3.8, 4) is 0 Å². The van der Waals surface area contributed by atoms with E-state index in [1.807, 2.05) is 24.3 Å². The van der Waals surface area contributed by atoms with Crippen LogP contribution in [0, 0.1) is 13.8 Å². The number of halogens is 1. The van der Waals surface area contributed by atoms with Gasteiger partial charge in [0, 0.05) is 16.5 Å². The zero-order chi connectivity index (χ0) is 15.2. The highest BCUT2D eigenvalue weighted by Crippen LogP contribution is 2.23. The molecule has 1 amide bonds. The molecule has 0 saturated carbocycles. The number of hydrogen-bond donors (Lipinski definition) is 1. The van der Waals surface area contributed by atoms with Crippen molar-refractivity contribution in [2.75, 3.05) is 5.75 Å². The van der Waals surface area contributed by atoms with Crippen LogP contribution in [0.5, 0.6) is 0 Å². The van der Waals surface area contributed by atoms with Crippen LogP contribution >= 0.6 is 23.4 Å². The van der Waals surface area contributed by atoms with Crippen molar-refractivity contribution < 1.29 is 4.79 Å². The van der Waals surface area contributed by atoms with Gasteiger partial charge in [0.15, 0.2) is 0 Å². The Labute approximate surface area is 134 Å². The Bertz CT molecular complexity index is 625. The summed E-state index contributed by atoms with van der Waals surface area (Å²) in [5, 5.41) is 3.62. The molecule has 2 nitrogen and oxygen atoms in total. The summed E-state index contributed by atoms with van der Waals surface area (Å²) >= 11 is 7.40. The third-order valence-corrected chi connectivity index (χ3v) is 4.51. The molecule has 0 heterocycles. The molecule has 4 heteroatoms. The largest absolute Gasteiger partial charge is 0.351 e. The van der Waals surface area contributed by atoms with Crippen molar-refractivity contribution in [2.45, 2.75) is 25.3 Å². The van der Waals surface area contributed by atoms with Crippen LogP contribution in [-0.2, 0) is 11.3 Å². The number of benzene rings is 2. The van der Waals surface area contributed by atoms with Crippen molar-refractivity contribution >= 4 is 29.3 Å². The Balaban J connectivity index is 1.82. The molecule has 0 aliphatic rings. The summed E-state index contributed by atoms with van der Waals surface area (Å²) in [6.45, 7) is 4.65. The fourth-order valence-corrected chi connectivity index (χ4v) is 2.94. The Morgan fingerprint density at radius 1 is 1.14 bits per heavy atom. The summed E-state index contributed by atoms with van der Waals surface area (Å²) in [5.74, 6) is 0.466. The van der Waals surface area contributed by atoms with Gasteiger partial charge in [0.1, 0.15) is 0 Å². The number of nitrogens with one attached hydrogen (secondary N) is 1. The Kier molecular flexibility index (Phi) is 5.71. The van der Waals surface area contributed by atoms with Crippen LogP contribution < -0.4 is 5.32 Å². The lowest BCUT2D eigenvalue weighted by Crippen LogP contribution is -2.24. The smallest absolute Gasteiger partial charge is 0.230 e. The SMILES string of the molecule is Cc1ccc(C)c(SCC(=O)NCc2ccc(Cl)cc2)c1. The quantitative estimate of drug-likeness (QED) is 0.829. The second kappa shape index (κ2) is 7.53. The maximum absolute atomic E-state index is 11.9. The Morgan fingerprint density at radius 2 is 1.86 bits per heavy atom. The zero-order valence-electron chi connectivity index (χ0n) is 12.2. The van der Waals surface area contributed by atoms with E-state index in [2.05, 4.69) is 37.4 Å². The van der Waals surface area contributed by atoms with Crippen LogP contribution in [0.4, 0.5) is 0 Å². The molecule has 2 rings (SSSR count). The average molecular weight is 320 g/mol. The predicted molar refractivity (Wildman–Crippen MR) is 89.9 cm³/mol. The van der Waals surface area contributed by atoms with Crippen LogP contribution in [0.3, 0.4) is 0 Å². The van der Waals surface area contributed by atoms with Gasteiger partial charge >= 0.3 is 0 Å². The lowest BCUT2D eigenvalue weighted by molar-refractivity contribution is -0.118. The third-order valence-electron chi connectivity index (χ3n) is 3.11. The van der Waals surface area contributed by atoms with E-state index in [9.17, 15) is 4.79 Å². The van der Waals surface area contributed by atoms with Crippen LogP contribution in [0.25, 0.3) is 0 Å². The van der Waals surface area contributed by atoms with Crippen LogP contribution in [0.1, 0.15) is 16.7 Å². The molecule has 0 aromatic heterocycles. The van der Waals surface area contributed by atoms with Crippen LogP contribution in [0.2, 0.25) is 5.02 Å². The predicted octanol–water partition coefficient (Wildman–Crippen LogP) is 4.37. The molecule has 0 unspecified atom stereocenters. The summed E-state index contributed by atoms with van der Waals surface area (Å²) in [6.07, 6.45) is 0. The number of aryl methyl sites for hydroxylation is 2. The molecule has 0 atom stereocenters. The van der Waals surface area contributed by atoms with E-state index < -0.39 is 0 Å². The van der Waals surface area contributed by atoms with Gasteiger partial charge in [0.25, 0.3) is 0 Å². The molecule has 0 fully saturated rings. The standard InChI is InChI=1S/C17H18ClNOS/c1-12-3-4-13(2)16(9-12)21-11-17(20)19-10-14-5-7-15(18)8-6-14/h3-9H,10-11H2,1-2H3,(H,19,20). The molecule has 0 bridgehead atoms. The van der Waals surface area contributed by atoms with Crippen molar-refractivity contribution in [1.29, 1.82) is 0 Å². The Hall–Kier alpha value is -1.45. The van der Waals surface area contributed by atoms with Gasteiger partial charge in [-0.15, -0.1) is 11.8 Å². The van der Waals surface area contributed by atoms with E-state index >= 15 is 0 Å². The highest BCUT2D eigenvalue weighted by molar-refractivity contribution is 8.00. The van der Waals surface area contributed by atoms with Gasteiger partial charge in [-0.3, -0.25) is 4.79 Å². The van der Waals surface area contributed by atoms with Crippen molar-refractivity contribution in [1.82, 2.24) is 5.32 Å². The topological polar surface area (TPSA) is 29.1 Å². The van der Waals surface area contributed by atoms with E-state index in [0.717, 1.165) is 10.5 Å². The summed E-state index contributed by atoms with van der Waals surface area (Å²) < 4.78 is 0. The minimum absolute atomic E-state index is 0.0378. The highest BCUT2D eigenvalue weighted by atomic mass is 35.5. The molecule has 2 aromatic rings. The maximum atomic E-state index is 11.9. The molecule has 2 aromatic carbocycles. The minimum atomic E-state index is 0.0378. The zero-order valence-corrected chi connectivity index (χ0v) is 13.7. The molecule has 0 aliphatic heterocycles. The van der Waals surface area contributed by atoms with Gasteiger partial charge in [-0.05, 0) is 43.2 Å². The number of hydrogen-bond acceptors (Lipinski definition) is 2. The van der Waals surface area contributed by atoms with Crippen molar-refractivity contribution in [3.05, 3.63) is 64.2 Å². The molecule has 0 radical (unpaired) electrons. The van der Waals surface area contributed by atoms with Crippen molar-refractivity contribution in [2.24, 2.45) is 0 Å². The first-order valence-corrected chi connectivity index (χ1v) is 8.12. The fraction of sp³-hybridized carbons (Fsp3) is 0.235. The molecule has 0 aliphatic carbocycles. The molecule has 1 N–H and O–H groups in total. The second-order valence-electron chi connectivity index (χ2n) is 4.96. The van der Waals surface area contributed by atoms with Gasteiger partial charge < -0.3 is 5.32 Å². The van der Waals surface area contributed by atoms with Gasteiger partial charge in [-0.2, -0.15) is 0 Å². The lowest BCUT2D eigenvalue weighted by atomic mass is 10.2. The number of amides is 1. The number of thioether (sulfide) groups is 1. The Morgan fingerprint density at radius 3 is 2.57 bits per heavy atom. The normalized spacial score (nSPS) is 10.4. The minimum Gasteiger partial charge on any atom is -0.351 e. The first kappa shape index (κ1) is 15.9. The second-order valence-corrected chi connectivity index (χ2v) is 6.41. The molecule has 0 spiro atoms. The first-order valence-electron chi connectivity index (χ1n) is 6.76. The first-order chi connectivity index (χ1) is 10.0. The number of rotatable bonds is 5. The lowest BCUT2D eigenvalue weighted by Gasteiger charge is -2.08. The van der Waals surface area contributed by atoms with Crippen molar-refractivity contribution in [3.63, 3.8) is 0 Å². The van der Waals surface area contributed by atoms with Gasteiger partial charge in [0.05, 0.1) is 5.75 Å². The molecular formula is C17H18ClNOS. The van der Waals surface area contributed by atoms with E-state index in [1.165, 1.54) is 11.1 Å². The summed E-state index contributed by atoms with van der Waals surface area (Å²) in [4.78, 5) is 13.1. The highest BCUT2D eigenvalue weighted by Gasteiger charge is 2.05. The van der Waals surface area contributed by atoms with E-state index in [-0.39, 0.29) is 5.91 Å². The maximum Gasteiger partial charge on any atom is 0.230 e. The van der Waals surface area contributed by atoms with Gasteiger partial charge in [-0.1, -0.05) is 41.4 Å². The average Bonchev–Trinajstić information content (AvgIpc) is 2.47.